The molecule has 0 radical (unpaired) electrons. The van der Waals surface area contributed by atoms with Crippen molar-refractivity contribution >= 4 is 13.7 Å². The molecule has 0 saturated heterocycles. The molecule has 0 aromatic carbocycles. The Kier molecular flexibility index (Phi) is 69.5. The van der Waals surface area contributed by atoms with E-state index >= 15 is 0 Å². The van der Waals surface area contributed by atoms with Crippen LogP contribution < -0.4 is 10.2 Å². The Balaban J connectivity index is 3.93. The molecule has 9 heteroatoms. The summed E-state index contributed by atoms with van der Waals surface area (Å²) in [6.07, 6.45) is 93.5. The van der Waals surface area contributed by atoms with Crippen molar-refractivity contribution < 1.29 is 32.9 Å². The number of rotatable bonds is 75. The third-order valence-corrected chi connectivity index (χ3v) is 19.6. The number of amides is 1. The lowest BCUT2D eigenvalue weighted by atomic mass is 10.0. The number of nitrogens with zero attached hydrogens (tertiary/aromatic N) is 1. The smallest absolute Gasteiger partial charge is 0.268 e. The number of phosphoric acid groups is 1. The molecule has 0 heterocycles. The van der Waals surface area contributed by atoms with Crippen LogP contribution in [0.3, 0.4) is 0 Å². The van der Waals surface area contributed by atoms with Crippen molar-refractivity contribution in [2.75, 3.05) is 40.9 Å². The average molecular weight is 1260 g/mol. The third-order valence-electron chi connectivity index (χ3n) is 18.7. The van der Waals surface area contributed by atoms with Gasteiger partial charge in [0, 0.05) is 6.42 Å². The highest BCUT2D eigenvalue weighted by atomic mass is 31.2. The Morgan fingerprint density at radius 3 is 0.886 bits per heavy atom. The molecular weight excluding hydrogens is 1100 g/mol. The average Bonchev–Trinajstić information content (AvgIpc) is 3.70. The van der Waals surface area contributed by atoms with E-state index in [4.69, 9.17) is 9.05 Å². The summed E-state index contributed by atoms with van der Waals surface area (Å²) in [5.41, 5.74) is 0. The summed E-state index contributed by atoms with van der Waals surface area (Å²) >= 11 is 0. The van der Waals surface area contributed by atoms with Crippen molar-refractivity contribution in [3.8, 4) is 0 Å². The molecule has 3 unspecified atom stereocenters. The maximum atomic E-state index is 13.1. The molecule has 0 saturated carbocycles. The number of aliphatic hydroxyl groups is 1. The Hall–Kier alpha value is -1.02. The zero-order valence-corrected chi connectivity index (χ0v) is 61.1. The molecule has 2 N–H and O–H groups in total. The third kappa shape index (κ3) is 72.4. The van der Waals surface area contributed by atoms with Crippen LogP contribution >= 0.6 is 7.82 Å². The summed E-state index contributed by atoms with van der Waals surface area (Å²) in [5, 5.41) is 14.0. The highest BCUT2D eigenvalue weighted by Crippen LogP contribution is 2.38. The Bertz CT molecular complexity index is 1480. The maximum absolute atomic E-state index is 13.1. The number of nitrogens with one attached hydrogen (secondary N) is 1. The molecule has 0 spiro atoms. The summed E-state index contributed by atoms with van der Waals surface area (Å²) < 4.78 is 23.5. The number of carbonyl (C=O) groups excluding carboxylic acids is 1. The van der Waals surface area contributed by atoms with E-state index in [1.54, 1.807) is 6.08 Å². The van der Waals surface area contributed by atoms with Crippen molar-refractivity contribution in [2.24, 2.45) is 0 Å². The van der Waals surface area contributed by atoms with Gasteiger partial charge in [-0.25, -0.2) is 0 Å². The van der Waals surface area contributed by atoms with Gasteiger partial charge in [-0.05, 0) is 44.9 Å². The van der Waals surface area contributed by atoms with E-state index in [-0.39, 0.29) is 19.1 Å². The van der Waals surface area contributed by atoms with Crippen LogP contribution in [-0.2, 0) is 18.4 Å². The molecule has 0 aromatic heterocycles. The Labute approximate surface area is 551 Å². The summed E-state index contributed by atoms with van der Waals surface area (Å²) in [5.74, 6) is -0.187. The fourth-order valence-corrected chi connectivity index (χ4v) is 13.2. The van der Waals surface area contributed by atoms with Gasteiger partial charge in [0.25, 0.3) is 7.82 Å². The number of allylic oxidation sites excluding steroid dienone is 3. The predicted molar refractivity (Wildman–Crippen MR) is 385 cm³/mol. The molecule has 0 bridgehead atoms. The maximum Gasteiger partial charge on any atom is 0.268 e. The first kappa shape index (κ1) is 87.0. The van der Waals surface area contributed by atoms with Crippen LogP contribution in [0.1, 0.15) is 425 Å². The highest BCUT2D eigenvalue weighted by molar-refractivity contribution is 7.45. The van der Waals surface area contributed by atoms with Crippen LogP contribution in [0.2, 0.25) is 0 Å². The molecule has 0 fully saturated rings. The number of likely N-dealkylation sites (N-methyl/N-ethyl adjacent to an activating group) is 1. The van der Waals surface area contributed by atoms with Crippen molar-refractivity contribution in [1.29, 1.82) is 0 Å². The van der Waals surface area contributed by atoms with Gasteiger partial charge in [-0.15, -0.1) is 0 Å². The van der Waals surface area contributed by atoms with Gasteiger partial charge >= 0.3 is 0 Å². The first-order chi connectivity index (χ1) is 43.0. The number of unbranched alkanes of at least 4 members (excludes halogenated alkanes) is 60. The van der Waals surface area contributed by atoms with Gasteiger partial charge in [-0.2, -0.15) is 0 Å². The summed E-state index contributed by atoms with van der Waals surface area (Å²) in [7, 11) is 1.29. The lowest BCUT2D eigenvalue weighted by Crippen LogP contribution is -2.45. The zero-order valence-electron chi connectivity index (χ0n) is 60.2. The van der Waals surface area contributed by atoms with Crippen molar-refractivity contribution in [3.05, 3.63) is 24.3 Å². The highest BCUT2D eigenvalue weighted by Gasteiger charge is 2.23. The van der Waals surface area contributed by atoms with E-state index in [1.807, 2.05) is 27.2 Å². The van der Waals surface area contributed by atoms with Gasteiger partial charge < -0.3 is 28.8 Å². The standard InChI is InChI=1S/C79H157N2O6P/c1-6-8-10-12-14-16-18-20-22-24-26-28-30-32-34-36-37-38-39-40-41-42-43-45-47-49-51-53-55-57-59-61-63-65-67-69-71-73-79(83)80-77(76-87-88(84,85)86-75-74-81(3,4)5)78(82)72-70-68-66-64-62-60-58-56-54-52-50-48-46-44-35-33-31-29-27-25-23-21-19-17-15-13-11-9-7-2/h24,26,70,72,77-78,82H,6-23,25,27-69,71,73-76H2,1-5H3,(H-,80,83,84,85)/b26-24-,72-70+. The van der Waals surface area contributed by atoms with Gasteiger partial charge in [0.05, 0.1) is 39.9 Å². The second-order valence-corrected chi connectivity index (χ2v) is 30.2. The summed E-state index contributed by atoms with van der Waals surface area (Å²) in [6, 6.07) is -0.886. The number of phosphoric ester groups is 1. The van der Waals surface area contributed by atoms with E-state index in [0.717, 1.165) is 38.5 Å². The molecule has 0 rings (SSSR count). The van der Waals surface area contributed by atoms with Crippen molar-refractivity contribution in [1.82, 2.24) is 5.32 Å². The normalized spacial score (nSPS) is 13.6. The van der Waals surface area contributed by atoms with Crippen LogP contribution in [-0.4, -0.2) is 68.5 Å². The van der Waals surface area contributed by atoms with Gasteiger partial charge in [-0.3, -0.25) is 9.36 Å². The number of aliphatic hydroxyl groups excluding tert-OH is 1. The molecule has 0 aromatic rings. The second kappa shape index (κ2) is 70.3. The SMILES string of the molecule is CCCCCCCCCC/C=C\CCCCCCCCCCCCCCCCCCCCCCCCCCCC(=O)NC(COP(=O)([O-])OCC[N+](C)(C)C)C(O)/C=C/CCCCCCCCCCCCCCCCCCCCCCCCCCCCC. The van der Waals surface area contributed by atoms with E-state index in [1.165, 1.54) is 366 Å². The van der Waals surface area contributed by atoms with Gasteiger partial charge in [-0.1, -0.05) is 398 Å². The predicted octanol–water partition coefficient (Wildman–Crippen LogP) is 25.2. The minimum atomic E-state index is -4.60. The van der Waals surface area contributed by atoms with Crippen molar-refractivity contribution in [2.45, 2.75) is 437 Å². The molecule has 0 aliphatic rings. The van der Waals surface area contributed by atoms with Crippen LogP contribution in [0.25, 0.3) is 0 Å². The molecular formula is C79H157N2O6P. The van der Waals surface area contributed by atoms with E-state index in [2.05, 4.69) is 31.3 Å². The summed E-state index contributed by atoms with van der Waals surface area (Å²) in [6.45, 7) is 4.72. The zero-order chi connectivity index (χ0) is 64.1. The molecule has 3 atom stereocenters. The van der Waals surface area contributed by atoms with Gasteiger partial charge in [0.15, 0.2) is 0 Å². The topological polar surface area (TPSA) is 108 Å². The van der Waals surface area contributed by atoms with Crippen molar-refractivity contribution in [3.63, 3.8) is 0 Å². The molecule has 0 aliphatic heterocycles. The van der Waals surface area contributed by atoms with Gasteiger partial charge in [0.2, 0.25) is 5.91 Å². The first-order valence-corrected chi connectivity index (χ1v) is 41.2. The van der Waals surface area contributed by atoms with Crippen LogP contribution in [0.15, 0.2) is 24.3 Å². The quantitative estimate of drug-likeness (QED) is 0.0272. The number of hydrogen-bond acceptors (Lipinski definition) is 6. The lowest BCUT2D eigenvalue weighted by Gasteiger charge is -2.29. The fourth-order valence-electron chi connectivity index (χ4n) is 12.5. The largest absolute Gasteiger partial charge is 0.756 e. The minimum absolute atomic E-state index is 0.00241. The van der Waals surface area contributed by atoms with E-state index in [9.17, 15) is 19.4 Å². The molecule has 88 heavy (non-hydrogen) atoms. The van der Waals surface area contributed by atoms with E-state index in [0.29, 0.717) is 17.4 Å². The molecule has 0 aliphatic carbocycles. The van der Waals surface area contributed by atoms with Gasteiger partial charge in [0.1, 0.15) is 13.2 Å². The number of carbonyl (C=O) groups is 1. The van der Waals surface area contributed by atoms with Crippen LogP contribution in [0.5, 0.6) is 0 Å². The number of hydrogen-bond donors (Lipinski definition) is 2. The first-order valence-electron chi connectivity index (χ1n) is 39.7. The van der Waals surface area contributed by atoms with Crippen LogP contribution in [0, 0.1) is 0 Å². The van der Waals surface area contributed by atoms with Crippen LogP contribution in [0.4, 0.5) is 0 Å². The van der Waals surface area contributed by atoms with E-state index < -0.39 is 20.0 Å². The molecule has 8 nitrogen and oxygen atoms in total. The lowest BCUT2D eigenvalue weighted by molar-refractivity contribution is -0.870. The minimum Gasteiger partial charge on any atom is -0.756 e. The number of quaternary nitrogens is 1. The summed E-state index contributed by atoms with van der Waals surface area (Å²) in [4.78, 5) is 25.7. The molecule has 1 amide bonds. The Morgan fingerprint density at radius 1 is 0.386 bits per heavy atom. The fraction of sp³-hybridized carbons (Fsp3) is 0.937. The Morgan fingerprint density at radius 2 is 0.625 bits per heavy atom. The molecule has 524 valence electrons. The monoisotopic (exact) mass is 1260 g/mol. The second-order valence-electron chi connectivity index (χ2n) is 28.8.